The molecule has 0 saturated carbocycles. The minimum absolute atomic E-state index is 0.101. The maximum absolute atomic E-state index is 12.3. The summed E-state index contributed by atoms with van der Waals surface area (Å²) in [5, 5.41) is 0. The van der Waals surface area contributed by atoms with Crippen LogP contribution in [0, 0.1) is 11.8 Å². The fourth-order valence-corrected chi connectivity index (χ4v) is 5.32. The van der Waals surface area contributed by atoms with Gasteiger partial charge in [0.1, 0.15) is 0 Å². The van der Waals surface area contributed by atoms with Gasteiger partial charge >= 0.3 is 0 Å². The molecule has 19 heavy (non-hydrogen) atoms. The van der Waals surface area contributed by atoms with Crippen molar-refractivity contribution >= 4 is 5.91 Å². The van der Waals surface area contributed by atoms with Crippen molar-refractivity contribution in [3.63, 3.8) is 0 Å². The quantitative estimate of drug-likeness (QED) is 0.703. The van der Waals surface area contributed by atoms with E-state index in [1.807, 2.05) is 0 Å². The van der Waals surface area contributed by atoms with Gasteiger partial charge in [-0.05, 0) is 57.0 Å². The summed E-state index contributed by atoms with van der Waals surface area (Å²) in [5.41, 5.74) is 6.11. The average molecular weight is 263 g/mol. The Labute approximate surface area is 115 Å². The van der Waals surface area contributed by atoms with Crippen molar-refractivity contribution in [2.24, 2.45) is 17.6 Å². The van der Waals surface area contributed by atoms with Gasteiger partial charge in [-0.1, -0.05) is 0 Å². The third-order valence-electron chi connectivity index (χ3n) is 5.97. The van der Waals surface area contributed by atoms with E-state index in [1.54, 1.807) is 0 Å². The molecule has 0 aromatic heterocycles. The zero-order chi connectivity index (χ0) is 13.0. The Morgan fingerprint density at radius 2 is 1.95 bits per heavy atom. The Hall–Kier alpha value is -0.610. The molecule has 5 atom stereocenters. The van der Waals surface area contributed by atoms with Gasteiger partial charge in [-0.2, -0.15) is 0 Å². The molecule has 4 nitrogen and oxygen atoms in total. The Morgan fingerprint density at radius 3 is 2.79 bits per heavy atom. The second-order valence-corrected chi connectivity index (χ2v) is 7.05. The lowest BCUT2D eigenvalue weighted by molar-refractivity contribution is -0.151. The van der Waals surface area contributed by atoms with Crippen molar-refractivity contribution in [2.75, 3.05) is 19.6 Å². The first-order valence-corrected chi connectivity index (χ1v) is 8.03. The van der Waals surface area contributed by atoms with E-state index in [2.05, 4.69) is 9.80 Å². The van der Waals surface area contributed by atoms with Crippen LogP contribution in [0.15, 0.2) is 0 Å². The van der Waals surface area contributed by atoms with Gasteiger partial charge in [-0.3, -0.25) is 9.69 Å². The molecule has 1 amide bonds. The number of hydrogen-bond donors (Lipinski definition) is 1. The van der Waals surface area contributed by atoms with Crippen molar-refractivity contribution in [2.45, 2.75) is 56.7 Å². The average Bonchev–Trinajstić information content (AvgIpc) is 2.41. The van der Waals surface area contributed by atoms with Crippen LogP contribution >= 0.6 is 0 Å². The summed E-state index contributed by atoms with van der Waals surface area (Å²) in [5.74, 6) is 1.75. The smallest absolute Gasteiger partial charge is 0.224 e. The number of hydrogen-bond acceptors (Lipinski definition) is 3. The molecule has 4 fully saturated rings. The van der Waals surface area contributed by atoms with Crippen LogP contribution in [-0.4, -0.2) is 53.5 Å². The summed E-state index contributed by atoms with van der Waals surface area (Å²) in [6, 6.07) is 1.30. The number of amides is 1. The molecule has 4 aliphatic heterocycles. The lowest BCUT2D eigenvalue weighted by Gasteiger charge is -2.59. The van der Waals surface area contributed by atoms with Crippen molar-refractivity contribution in [1.29, 1.82) is 0 Å². The van der Waals surface area contributed by atoms with Crippen LogP contribution < -0.4 is 5.73 Å². The molecule has 0 bridgehead atoms. The summed E-state index contributed by atoms with van der Waals surface area (Å²) in [4.78, 5) is 17.2. The highest BCUT2D eigenvalue weighted by Gasteiger charge is 2.51. The summed E-state index contributed by atoms with van der Waals surface area (Å²) in [7, 11) is 0. The Kier molecular flexibility index (Phi) is 2.85. The molecule has 4 heterocycles. The van der Waals surface area contributed by atoms with Crippen LogP contribution in [0.5, 0.6) is 0 Å². The van der Waals surface area contributed by atoms with E-state index in [0.717, 1.165) is 24.9 Å². The van der Waals surface area contributed by atoms with Crippen molar-refractivity contribution in [3.05, 3.63) is 0 Å². The molecule has 0 radical (unpaired) electrons. The molecule has 4 saturated heterocycles. The third kappa shape index (κ3) is 1.83. The van der Waals surface area contributed by atoms with E-state index in [0.29, 0.717) is 24.3 Å². The maximum Gasteiger partial charge on any atom is 0.224 e. The van der Waals surface area contributed by atoms with Gasteiger partial charge in [0, 0.05) is 31.1 Å². The van der Waals surface area contributed by atoms with Crippen LogP contribution in [0.4, 0.5) is 0 Å². The van der Waals surface area contributed by atoms with Crippen LogP contribution in [-0.2, 0) is 4.79 Å². The third-order valence-corrected chi connectivity index (χ3v) is 5.97. The molecule has 4 unspecified atom stereocenters. The first-order valence-electron chi connectivity index (χ1n) is 8.03. The fraction of sp³-hybridized carbons (Fsp3) is 0.933. The minimum Gasteiger partial charge on any atom is -0.339 e. The van der Waals surface area contributed by atoms with Crippen LogP contribution in [0.1, 0.15) is 38.5 Å². The highest BCUT2D eigenvalue weighted by molar-refractivity contribution is 5.78. The minimum atomic E-state index is 0.101. The van der Waals surface area contributed by atoms with E-state index in [9.17, 15) is 4.79 Å². The second kappa shape index (κ2) is 4.45. The van der Waals surface area contributed by atoms with E-state index in [1.165, 1.54) is 38.8 Å². The predicted octanol–water partition coefficient (Wildman–Crippen LogP) is 0.809. The molecule has 4 rings (SSSR count). The first kappa shape index (κ1) is 12.2. The Bertz CT molecular complexity index is 384. The number of piperidine rings is 4. The molecule has 106 valence electrons. The van der Waals surface area contributed by atoms with Gasteiger partial charge in [0.15, 0.2) is 0 Å². The van der Waals surface area contributed by atoms with Crippen molar-refractivity contribution in [1.82, 2.24) is 9.80 Å². The Morgan fingerprint density at radius 1 is 1.16 bits per heavy atom. The fourth-order valence-electron chi connectivity index (χ4n) is 5.32. The van der Waals surface area contributed by atoms with Crippen LogP contribution in [0.3, 0.4) is 0 Å². The van der Waals surface area contributed by atoms with Gasteiger partial charge < -0.3 is 10.6 Å². The molecular formula is C15H25N3O. The summed E-state index contributed by atoms with van der Waals surface area (Å²) in [6.07, 6.45) is 6.86. The largest absolute Gasteiger partial charge is 0.339 e. The van der Waals surface area contributed by atoms with Crippen LogP contribution in [0.2, 0.25) is 0 Å². The van der Waals surface area contributed by atoms with E-state index in [-0.39, 0.29) is 6.04 Å². The number of nitrogens with two attached hydrogens (primary N) is 1. The Balaban J connectivity index is 1.65. The second-order valence-electron chi connectivity index (χ2n) is 7.05. The zero-order valence-corrected chi connectivity index (χ0v) is 11.6. The standard InChI is InChI=1S/C15H25N3O/c16-11-7-13-12-4-2-6-17-5-1-3-10(15(12)17)9-18(13)14(19)8-11/h10-13,15H,1-9,16H2/t10?,11?,12?,13-,15?/m1/s1. The van der Waals surface area contributed by atoms with Crippen molar-refractivity contribution < 1.29 is 4.79 Å². The molecule has 0 aromatic carbocycles. The zero-order valence-electron chi connectivity index (χ0n) is 11.6. The van der Waals surface area contributed by atoms with Crippen LogP contribution in [0.25, 0.3) is 0 Å². The number of nitrogens with zero attached hydrogens (tertiary/aromatic N) is 2. The van der Waals surface area contributed by atoms with E-state index < -0.39 is 0 Å². The first-order chi connectivity index (χ1) is 9.24. The number of carbonyl (C=O) groups excluding carboxylic acids is 1. The van der Waals surface area contributed by atoms with Gasteiger partial charge in [0.2, 0.25) is 5.91 Å². The predicted molar refractivity (Wildman–Crippen MR) is 73.5 cm³/mol. The van der Waals surface area contributed by atoms with Crippen molar-refractivity contribution in [3.8, 4) is 0 Å². The summed E-state index contributed by atoms with van der Waals surface area (Å²) < 4.78 is 0. The number of rotatable bonds is 0. The molecule has 0 aromatic rings. The number of carbonyl (C=O) groups is 1. The summed E-state index contributed by atoms with van der Waals surface area (Å²) in [6.45, 7) is 3.57. The molecular weight excluding hydrogens is 238 g/mol. The van der Waals surface area contributed by atoms with Gasteiger partial charge in [-0.25, -0.2) is 0 Å². The normalized spacial score (nSPS) is 46.7. The monoisotopic (exact) mass is 263 g/mol. The molecule has 2 N–H and O–H groups in total. The van der Waals surface area contributed by atoms with E-state index in [4.69, 9.17) is 5.73 Å². The van der Waals surface area contributed by atoms with Gasteiger partial charge in [0.25, 0.3) is 0 Å². The molecule has 0 aliphatic carbocycles. The van der Waals surface area contributed by atoms with Gasteiger partial charge in [-0.15, -0.1) is 0 Å². The van der Waals surface area contributed by atoms with E-state index >= 15 is 0 Å². The topological polar surface area (TPSA) is 49.6 Å². The highest BCUT2D eigenvalue weighted by Crippen LogP contribution is 2.44. The molecule has 0 spiro atoms. The molecule has 4 heteroatoms. The lowest BCUT2D eigenvalue weighted by atomic mass is 9.67. The number of fused-ring (bicyclic) bond motifs is 2. The maximum atomic E-state index is 12.3. The lowest BCUT2D eigenvalue weighted by Crippen LogP contribution is -2.68. The van der Waals surface area contributed by atoms with Gasteiger partial charge in [0.05, 0.1) is 0 Å². The highest BCUT2D eigenvalue weighted by atomic mass is 16.2. The SMILES string of the molecule is NC1CC(=O)N2CC3CCCN4CCCC(C34)[C@H]2C1. The summed E-state index contributed by atoms with van der Waals surface area (Å²) >= 11 is 0. The molecule has 4 aliphatic rings.